The van der Waals surface area contributed by atoms with Crippen LogP contribution in [0.2, 0.25) is 0 Å². The molecule has 100 valence electrons. The maximum absolute atomic E-state index is 11.9. The van der Waals surface area contributed by atoms with Crippen molar-refractivity contribution >= 4 is 5.91 Å². The highest BCUT2D eigenvalue weighted by Gasteiger charge is 2.10. The van der Waals surface area contributed by atoms with Gasteiger partial charge in [-0.15, -0.1) is 0 Å². The number of nitrogens with zero attached hydrogens (tertiary/aromatic N) is 1. The Balaban J connectivity index is 2.64. The van der Waals surface area contributed by atoms with Crippen LogP contribution in [0.5, 0.6) is 0 Å². The first-order chi connectivity index (χ1) is 8.56. The molecule has 0 aliphatic rings. The molecule has 0 saturated heterocycles. The first-order valence-corrected chi connectivity index (χ1v) is 6.22. The second kappa shape index (κ2) is 7.13. The molecule has 0 bridgehead atoms. The molecule has 1 amide bonds. The highest BCUT2D eigenvalue weighted by Crippen LogP contribution is 2.06. The van der Waals surface area contributed by atoms with Gasteiger partial charge in [0.1, 0.15) is 0 Å². The summed E-state index contributed by atoms with van der Waals surface area (Å²) in [6.07, 6.45) is 0.723. The van der Waals surface area contributed by atoms with E-state index in [9.17, 15) is 4.79 Å². The van der Waals surface area contributed by atoms with Crippen molar-refractivity contribution in [3.8, 4) is 0 Å². The molecule has 0 spiro atoms. The van der Waals surface area contributed by atoms with Crippen LogP contribution in [0.15, 0.2) is 24.3 Å². The van der Waals surface area contributed by atoms with Crippen LogP contribution in [-0.2, 0) is 6.54 Å². The molecule has 2 N–H and O–H groups in total. The van der Waals surface area contributed by atoms with E-state index >= 15 is 0 Å². The SMILES string of the molecule is CC[C@@H](CO)NC(=O)c1ccc(CN(C)C)cc1. The summed E-state index contributed by atoms with van der Waals surface area (Å²) in [5.74, 6) is -0.132. The third-order valence-electron chi connectivity index (χ3n) is 2.76. The van der Waals surface area contributed by atoms with E-state index in [0.717, 1.165) is 13.0 Å². The van der Waals surface area contributed by atoms with E-state index in [2.05, 4.69) is 10.2 Å². The standard InChI is InChI=1S/C14H22N2O2/c1-4-13(10-17)15-14(18)12-7-5-11(6-8-12)9-16(2)3/h5-8,13,17H,4,9-10H2,1-3H3,(H,15,18)/t13-/m0/s1. The Morgan fingerprint density at radius 2 is 1.94 bits per heavy atom. The van der Waals surface area contributed by atoms with Crippen LogP contribution in [0.25, 0.3) is 0 Å². The van der Waals surface area contributed by atoms with Crippen molar-refractivity contribution in [3.63, 3.8) is 0 Å². The average Bonchev–Trinajstić information content (AvgIpc) is 2.35. The van der Waals surface area contributed by atoms with Gasteiger partial charge in [-0.05, 0) is 38.2 Å². The normalized spacial score (nSPS) is 12.5. The number of rotatable bonds is 6. The summed E-state index contributed by atoms with van der Waals surface area (Å²) in [6.45, 7) is 2.76. The fourth-order valence-electron chi connectivity index (χ4n) is 1.67. The van der Waals surface area contributed by atoms with Crippen LogP contribution in [0.1, 0.15) is 29.3 Å². The molecule has 0 aliphatic carbocycles. The molecule has 0 aliphatic heterocycles. The lowest BCUT2D eigenvalue weighted by Gasteiger charge is -2.14. The molecule has 4 heteroatoms. The molecular formula is C14H22N2O2. The van der Waals surface area contributed by atoms with Gasteiger partial charge in [-0.2, -0.15) is 0 Å². The smallest absolute Gasteiger partial charge is 0.251 e. The molecule has 0 fully saturated rings. The number of nitrogens with one attached hydrogen (secondary N) is 1. The number of hydrogen-bond acceptors (Lipinski definition) is 3. The molecule has 0 aromatic heterocycles. The molecule has 1 atom stereocenters. The second-order valence-corrected chi connectivity index (χ2v) is 4.70. The molecule has 4 nitrogen and oxygen atoms in total. The van der Waals surface area contributed by atoms with Crippen LogP contribution in [0, 0.1) is 0 Å². The van der Waals surface area contributed by atoms with Crippen molar-refractivity contribution in [1.29, 1.82) is 0 Å². The van der Waals surface area contributed by atoms with Crippen LogP contribution in [0.3, 0.4) is 0 Å². The summed E-state index contributed by atoms with van der Waals surface area (Å²) in [7, 11) is 4.02. The van der Waals surface area contributed by atoms with Crippen LogP contribution < -0.4 is 5.32 Å². The van der Waals surface area contributed by atoms with E-state index < -0.39 is 0 Å². The third-order valence-corrected chi connectivity index (χ3v) is 2.76. The number of carbonyl (C=O) groups excluding carboxylic acids is 1. The van der Waals surface area contributed by atoms with E-state index in [-0.39, 0.29) is 18.6 Å². The first kappa shape index (κ1) is 14.7. The van der Waals surface area contributed by atoms with Crippen molar-refractivity contribution in [1.82, 2.24) is 10.2 Å². The Morgan fingerprint density at radius 3 is 2.39 bits per heavy atom. The summed E-state index contributed by atoms with van der Waals surface area (Å²) in [4.78, 5) is 14.0. The van der Waals surface area contributed by atoms with Gasteiger partial charge in [0, 0.05) is 12.1 Å². The molecule has 0 heterocycles. The van der Waals surface area contributed by atoms with Gasteiger partial charge in [0.25, 0.3) is 5.91 Å². The third kappa shape index (κ3) is 4.47. The summed E-state index contributed by atoms with van der Waals surface area (Å²) in [6, 6.07) is 7.37. The number of aliphatic hydroxyl groups is 1. The zero-order valence-electron chi connectivity index (χ0n) is 11.3. The zero-order chi connectivity index (χ0) is 13.5. The van der Waals surface area contributed by atoms with Crippen molar-refractivity contribution in [2.45, 2.75) is 25.9 Å². The molecule has 18 heavy (non-hydrogen) atoms. The largest absolute Gasteiger partial charge is 0.394 e. The molecule has 0 unspecified atom stereocenters. The lowest BCUT2D eigenvalue weighted by Crippen LogP contribution is -2.36. The Bertz CT molecular complexity index is 370. The average molecular weight is 250 g/mol. The topological polar surface area (TPSA) is 52.6 Å². The van der Waals surface area contributed by atoms with Crippen molar-refractivity contribution < 1.29 is 9.90 Å². The maximum Gasteiger partial charge on any atom is 0.251 e. The number of hydrogen-bond donors (Lipinski definition) is 2. The van der Waals surface area contributed by atoms with Gasteiger partial charge in [-0.3, -0.25) is 4.79 Å². The second-order valence-electron chi connectivity index (χ2n) is 4.70. The van der Waals surface area contributed by atoms with Gasteiger partial charge >= 0.3 is 0 Å². The van der Waals surface area contributed by atoms with Crippen molar-refractivity contribution in [2.75, 3.05) is 20.7 Å². The van der Waals surface area contributed by atoms with Gasteiger partial charge in [0.2, 0.25) is 0 Å². The van der Waals surface area contributed by atoms with Gasteiger partial charge < -0.3 is 15.3 Å². The quantitative estimate of drug-likeness (QED) is 0.799. The highest BCUT2D eigenvalue weighted by atomic mass is 16.3. The van der Waals surface area contributed by atoms with Crippen LogP contribution in [0.4, 0.5) is 0 Å². The van der Waals surface area contributed by atoms with Gasteiger partial charge in [0.05, 0.1) is 12.6 Å². The van der Waals surface area contributed by atoms with Gasteiger partial charge in [0.15, 0.2) is 0 Å². The molecular weight excluding hydrogens is 228 g/mol. The predicted molar refractivity (Wildman–Crippen MR) is 72.5 cm³/mol. The maximum atomic E-state index is 11.9. The van der Waals surface area contributed by atoms with Gasteiger partial charge in [-0.1, -0.05) is 19.1 Å². The van der Waals surface area contributed by atoms with Crippen molar-refractivity contribution in [2.24, 2.45) is 0 Å². The fraction of sp³-hybridized carbons (Fsp3) is 0.500. The Kier molecular flexibility index (Phi) is 5.82. The van der Waals surface area contributed by atoms with E-state index in [1.165, 1.54) is 5.56 Å². The minimum absolute atomic E-state index is 0.0268. The molecule has 1 aromatic rings. The Labute approximate surface area is 109 Å². The summed E-state index contributed by atoms with van der Waals surface area (Å²) >= 11 is 0. The van der Waals surface area contributed by atoms with Crippen LogP contribution >= 0.6 is 0 Å². The van der Waals surface area contributed by atoms with Crippen LogP contribution in [-0.4, -0.2) is 42.7 Å². The molecule has 0 radical (unpaired) electrons. The monoisotopic (exact) mass is 250 g/mol. The number of benzene rings is 1. The van der Waals surface area contributed by atoms with E-state index in [4.69, 9.17) is 5.11 Å². The number of aliphatic hydroxyl groups excluding tert-OH is 1. The lowest BCUT2D eigenvalue weighted by molar-refractivity contribution is 0.0915. The van der Waals surface area contributed by atoms with Gasteiger partial charge in [-0.25, -0.2) is 0 Å². The molecule has 1 rings (SSSR count). The number of carbonyl (C=O) groups is 1. The minimum Gasteiger partial charge on any atom is -0.394 e. The van der Waals surface area contributed by atoms with E-state index in [0.29, 0.717) is 5.56 Å². The molecule has 1 aromatic carbocycles. The molecule has 0 saturated carbocycles. The first-order valence-electron chi connectivity index (χ1n) is 6.22. The zero-order valence-corrected chi connectivity index (χ0v) is 11.3. The lowest BCUT2D eigenvalue weighted by atomic mass is 10.1. The van der Waals surface area contributed by atoms with E-state index in [1.54, 1.807) is 0 Å². The summed E-state index contributed by atoms with van der Waals surface area (Å²) < 4.78 is 0. The summed E-state index contributed by atoms with van der Waals surface area (Å²) in [5, 5.41) is 11.8. The highest BCUT2D eigenvalue weighted by molar-refractivity contribution is 5.94. The number of amides is 1. The minimum atomic E-state index is -0.168. The summed E-state index contributed by atoms with van der Waals surface area (Å²) in [5.41, 5.74) is 1.80. The Morgan fingerprint density at radius 1 is 1.33 bits per heavy atom. The predicted octanol–water partition coefficient (Wildman–Crippen LogP) is 1.25. The van der Waals surface area contributed by atoms with E-state index in [1.807, 2.05) is 45.3 Å². The fourth-order valence-corrected chi connectivity index (χ4v) is 1.67. The van der Waals surface area contributed by atoms with Crippen molar-refractivity contribution in [3.05, 3.63) is 35.4 Å². The Hall–Kier alpha value is -1.39.